The molecule has 0 aliphatic heterocycles. The highest BCUT2D eigenvalue weighted by molar-refractivity contribution is 6.31. The van der Waals surface area contributed by atoms with Gasteiger partial charge in [0.15, 0.2) is 11.6 Å². The largest absolute Gasteiger partial charge is 0.426 e. The molecule has 1 saturated carbocycles. The van der Waals surface area contributed by atoms with E-state index in [-0.39, 0.29) is 27.9 Å². The second-order valence-electron chi connectivity index (χ2n) is 10.2. The fourth-order valence-corrected chi connectivity index (χ4v) is 4.87. The maximum absolute atomic E-state index is 13.1. The maximum Gasteiger partial charge on any atom is 0.426 e. The van der Waals surface area contributed by atoms with E-state index in [1.54, 1.807) is 13.8 Å². The molecular formula is C26H22Cl2F6N6O2. The van der Waals surface area contributed by atoms with E-state index in [0.29, 0.717) is 12.1 Å². The summed E-state index contributed by atoms with van der Waals surface area (Å²) < 4.78 is 79.1. The van der Waals surface area contributed by atoms with E-state index < -0.39 is 58.1 Å². The number of alkyl halides is 6. The molecule has 1 aliphatic carbocycles. The van der Waals surface area contributed by atoms with Crippen molar-refractivity contribution in [1.82, 2.24) is 25.1 Å². The molecule has 3 atom stereocenters. The number of nitrogens with one attached hydrogen (secondary N) is 2. The Morgan fingerprint density at radius 1 is 1.10 bits per heavy atom. The second-order valence-corrected chi connectivity index (χ2v) is 11.0. The highest BCUT2D eigenvalue weighted by Gasteiger charge is 2.61. The first-order valence-electron chi connectivity index (χ1n) is 12.2. The molecule has 0 saturated heterocycles. The van der Waals surface area contributed by atoms with Gasteiger partial charge in [0.1, 0.15) is 11.4 Å². The van der Waals surface area contributed by atoms with Gasteiger partial charge in [0.2, 0.25) is 5.91 Å². The lowest BCUT2D eigenvalue weighted by atomic mass is 10.1. The molecule has 0 spiro atoms. The standard InChI is InChI=1S/C26H22Cl2F6N6O2/c1-12(38-22(41)13-6-14(25(29,30)31)8-15(27)7-13)21-36-11-37-40(21)19-5-4-16(10-35-19)39-23(42)20-17(24(20,2)3)9-18(28)26(32,33)34/h4-12,17,20H,1-3H3,(H,38,41)(H,39,42)/b18-9-. The quantitative estimate of drug-likeness (QED) is 0.281. The lowest BCUT2D eigenvalue weighted by Crippen LogP contribution is -2.29. The molecule has 3 unspecified atom stereocenters. The van der Waals surface area contributed by atoms with E-state index in [4.69, 9.17) is 23.2 Å². The lowest BCUT2D eigenvalue weighted by Gasteiger charge is -2.15. The normalized spacial score (nSPS) is 19.3. The van der Waals surface area contributed by atoms with Gasteiger partial charge in [0, 0.05) is 10.6 Å². The molecule has 2 N–H and O–H groups in total. The third-order valence-corrected chi connectivity index (χ3v) is 7.38. The van der Waals surface area contributed by atoms with Crippen LogP contribution in [0.15, 0.2) is 54.0 Å². The van der Waals surface area contributed by atoms with Crippen molar-refractivity contribution >= 4 is 40.7 Å². The first-order valence-corrected chi connectivity index (χ1v) is 13.0. The minimum absolute atomic E-state index is 0.196. The van der Waals surface area contributed by atoms with Crippen LogP contribution in [0, 0.1) is 17.3 Å². The van der Waals surface area contributed by atoms with E-state index in [0.717, 1.165) is 12.1 Å². The molecule has 0 bridgehead atoms. The van der Waals surface area contributed by atoms with Crippen molar-refractivity contribution in [2.24, 2.45) is 17.3 Å². The number of hydrogen-bond donors (Lipinski definition) is 2. The van der Waals surface area contributed by atoms with Crippen LogP contribution < -0.4 is 10.6 Å². The van der Waals surface area contributed by atoms with Crippen molar-refractivity contribution in [3.05, 3.63) is 75.9 Å². The van der Waals surface area contributed by atoms with Crippen molar-refractivity contribution in [1.29, 1.82) is 0 Å². The highest BCUT2D eigenvalue weighted by atomic mass is 35.5. The van der Waals surface area contributed by atoms with Crippen molar-refractivity contribution < 1.29 is 35.9 Å². The number of carbonyl (C=O) groups excluding carboxylic acids is 2. The van der Waals surface area contributed by atoms with Crippen LogP contribution >= 0.6 is 23.2 Å². The van der Waals surface area contributed by atoms with Gasteiger partial charge < -0.3 is 10.6 Å². The van der Waals surface area contributed by atoms with Gasteiger partial charge >= 0.3 is 12.4 Å². The van der Waals surface area contributed by atoms with Gasteiger partial charge in [-0.05, 0) is 48.6 Å². The number of pyridine rings is 1. The molecule has 2 amide bonds. The number of aromatic nitrogens is 4. The first-order chi connectivity index (χ1) is 19.4. The molecule has 224 valence electrons. The molecule has 0 radical (unpaired) electrons. The molecule has 1 aliphatic rings. The topological polar surface area (TPSA) is 102 Å². The zero-order valence-corrected chi connectivity index (χ0v) is 23.5. The SMILES string of the molecule is CC(NC(=O)c1cc(Cl)cc(C(F)(F)F)c1)c1ncnn1-c1ccc(NC(=O)C2C(/C=C(\Cl)C(F)(F)F)C2(C)C)cn1. The molecule has 4 rings (SSSR count). The number of anilines is 1. The second kappa shape index (κ2) is 11.2. The van der Waals surface area contributed by atoms with Gasteiger partial charge in [-0.1, -0.05) is 43.1 Å². The summed E-state index contributed by atoms with van der Waals surface area (Å²) in [5.41, 5.74) is -1.85. The molecule has 1 fully saturated rings. The zero-order chi connectivity index (χ0) is 31.2. The molecule has 2 aromatic heterocycles. The van der Waals surface area contributed by atoms with E-state index in [2.05, 4.69) is 25.7 Å². The number of nitrogens with zero attached hydrogens (tertiary/aromatic N) is 4. The average molecular weight is 635 g/mol. The number of amides is 2. The summed E-state index contributed by atoms with van der Waals surface area (Å²) in [7, 11) is 0. The molecule has 16 heteroatoms. The molecular weight excluding hydrogens is 613 g/mol. The molecule has 8 nitrogen and oxygen atoms in total. The van der Waals surface area contributed by atoms with Gasteiger partial charge in [-0.15, -0.1) is 0 Å². The summed E-state index contributed by atoms with van der Waals surface area (Å²) in [6.45, 7) is 4.86. The number of rotatable bonds is 7. The number of hydrogen-bond acceptors (Lipinski definition) is 5. The van der Waals surface area contributed by atoms with Crippen LogP contribution in [0.2, 0.25) is 5.02 Å². The summed E-state index contributed by atoms with van der Waals surface area (Å²) in [6.07, 6.45) is -6.06. The van der Waals surface area contributed by atoms with Crippen molar-refractivity contribution in [2.45, 2.75) is 39.2 Å². The van der Waals surface area contributed by atoms with Crippen molar-refractivity contribution in [2.75, 3.05) is 5.32 Å². The Labute approximate surface area is 245 Å². The molecule has 3 aromatic rings. The van der Waals surface area contributed by atoms with Crippen LogP contribution in [0.25, 0.3) is 5.82 Å². The molecule has 1 aromatic carbocycles. The van der Waals surface area contributed by atoms with Crippen LogP contribution in [-0.2, 0) is 11.0 Å². The average Bonchev–Trinajstić information content (AvgIpc) is 3.19. The summed E-state index contributed by atoms with van der Waals surface area (Å²) in [4.78, 5) is 33.8. The first kappa shape index (κ1) is 31.3. The monoisotopic (exact) mass is 634 g/mol. The van der Waals surface area contributed by atoms with Gasteiger partial charge in [-0.3, -0.25) is 9.59 Å². The molecule has 2 heterocycles. The summed E-state index contributed by atoms with van der Waals surface area (Å²) >= 11 is 11.1. The Morgan fingerprint density at radius 2 is 1.79 bits per heavy atom. The predicted octanol–water partition coefficient (Wildman–Crippen LogP) is 6.72. The summed E-state index contributed by atoms with van der Waals surface area (Å²) in [6, 6.07) is 4.62. The van der Waals surface area contributed by atoms with Crippen LogP contribution in [0.3, 0.4) is 0 Å². The van der Waals surface area contributed by atoms with Gasteiger partial charge in [-0.2, -0.15) is 36.1 Å². The van der Waals surface area contributed by atoms with Gasteiger partial charge in [0.25, 0.3) is 5.91 Å². The van der Waals surface area contributed by atoms with Crippen molar-refractivity contribution in [3.63, 3.8) is 0 Å². The minimum atomic E-state index is -4.70. The Morgan fingerprint density at radius 3 is 2.38 bits per heavy atom. The van der Waals surface area contributed by atoms with E-state index in [9.17, 15) is 35.9 Å². The smallest absolute Gasteiger partial charge is 0.342 e. The van der Waals surface area contributed by atoms with E-state index in [1.807, 2.05) is 0 Å². The minimum Gasteiger partial charge on any atom is -0.342 e. The predicted molar refractivity (Wildman–Crippen MR) is 141 cm³/mol. The number of allylic oxidation sites excluding steroid dienone is 2. The van der Waals surface area contributed by atoms with Crippen molar-refractivity contribution in [3.8, 4) is 5.82 Å². The number of carbonyl (C=O) groups is 2. The van der Waals surface area contributed by atoms with E-state index >= 15 is 0 Å². The van der Waals surface area contributed by atoms with Gasteiger partial charge in [0.05, 0.1) is 29.4 Å². The number of benzene rings is 1. The molecule has 42 heavy (non-hydrogen) atoms. The Hall–Kier alpha value is -3.65. The van der Waals surface area contributed by atoms with Crippen LogP contribution in [-0.4, -0.2) is 37.7 Å². The lowest BCUT2D eigenvalue weighted by molar-refractivity contribution is -0.137. The highest BCUT2D eigenvalue weighted by Crippen LogP contribution is 2.60. The third-order valence-electron chi connectivity index (χ3n) is 6.82. The summed E-state index contributed by atoms with van der Waals surface area (Å²) in [5.74, 6) is -2.36. The van der Waals surface area contributed by atoms with Crippen LogP contribution in [0.4, 0.5) is 32.0 Å². The Balaban J connectivity index is 1.44. The summed E-state index contributed by atoms with van der Waals surface area (Å²) in [5, 5.41) is 7.71. The number of halogens is 8. The maximum atomic E-state index is 13.1. The third kappa shape index (κ3) is 6.70. The van der Waals surface area contributed by atoms with Crippen LogP contribution in [0.1, 0.15) is 48.6 Å². The fraction of sp³-hybridized carbons (Fsp3) is 0.346. The van der Waals surface area contributed by atoms with E-state index in [1.165, 1.54) is 36.3 Å². The van der Waals surface area contributed by atoms with Gasteiger partial charge in [-0.25, -0.2) is 9.97 Å². The Kier molecular flexibility index (Phi) is 8.35. The van der Waals surface area contributed by atoms with Crippen LogP contribution in [0.5, 0.6) is 0 Å². The Bertz CT molecular complexity index is 1540. The zero-order valence-electron chi connectivity index (χ0n) is 22.0. The fourth-order valence-electron chi connectivity index (χ4n) is 4.50.